The number of benzene rings is 1. The van der Waals surface area contributed by atoms with Gasteiger partial charge < -0.3 is 10.4 Å². The lowest BCUT2D eigenvalue weighted by atomic mass is 10.1. The molecule has 1 unspecified atom stereocenters. The molecule has 2 aromatic rings. The monoisotopic (exact) mass is 335 g/mol. The van der Waals surface area contributed by atoms with E-state index in [2.05, 4.69) is 10.4 Å². The van der Waals surface area contributed by atoms with Crippen LogP contribution in [0.5, 0.6) is 0 Å². The van der Waals surface area contributed by atoms with Gasteiger partial charge in [-0.1, -0.05) is 41.9 Å². The van der Waals surface area contributed by atoms with Crippen molar-refractivity contribution in [3.8, 4) is 0 Å². The molecule has 1 atom stereocenters. The topological polar surface area (TPSA) is 67.2 Å². The fourth-order valence-electron chi connectivity index (χ4n) is 2.44. The summed E-state index contributed by atoms with van der Waals surface area (Å²) in [6.07, 6.45) is 1.37. The molecule has 0 spiro atoms. The molecule has 1 aromatic heterocycles. The van der Waals surface area contributed by atoms with Crippen LogP contribution in [0.15, 0.2) is 30.3 Å². The smallest absolute Gasteiger partial charge is 0.256 e. The van der Waals surface area contributed by atoms with E-state index < -0.39 is 0 Å². The fourth-order valence-corrected chi connectivity index (χ4v) is 2.76. The quantitative estimate of drug-likeness (QED) is 0.817. The molecule has 2 N–H and O–H groups in total. The number of halogens is 1. The number of carbonyl (C=O) groups is 1. The second-order valence-electron chi connectivity index (χ2n) is 5.63. The Morgan fingerprint density at radius 2 is 2.09 bits per heavy atom. The summed E-state index contributed by atoms with van der Waals surface area (Å²) in [6, 6.07) is 9.81. The first-order chi connectivity index (χ1) is 11.0. The van der Waals surface area contributed by atoms with Crippen LogP contribution in [0.4, 0.5) is 0 Å². The van der Waals surface area contributed by atoms with Gasteiger partial charge in [-0.15, -0.1) is 0 Å². The highest BCUT2D eigenvalue weighted by molar-refractivity contribution is 6.33. The van der Waals surface area contributed by atoms with Gasteiger partial charge >= 0.3 is 0 Å². The van der Waals surface area contributed by atoms with Gasteiger partial charge in [-0.3, -0.25) is 4.79 Å². The number of nitrogens with zero attached hydrogens (tertiary/aromatic N) is 2. The Hall–Kier alpha value is -1.85. The van der Waals surface area contributed by atoms with E-state index in [1.54, 1.807) is 11.6 Å². The zero-order valence-electron chi connectivity index (χ0n) is 13.4. The van der Waals surface area contributed by atoms with E-state index in [9.17, 15) is 4.79 Å². The van der Waals surface area contributed by atoms with Gasteiger partial charge in [0.25, 0.3) is 5.91 Å². The molecule has 0 aliphatic heterocycles. The molecular weight excluding hydrogens is 314 g/mol. The van der Waals surface area contributed by atoms with Crippen molar-refractivity contribution in [2.45, 2.75) is 39.3 Å². The highest BCUT2D eigenvalue weighted by Gasteiger charge is 2.21. The van der Waals surface area contributed by atoms with Crippen molar-refractivity contribution in [1.82, 2.24) is 15.1 Å². The Balaban J connectivity index is 2.12. The largest absolute Gasteiger partial charge is 0.396 e. The lowest BCUT2D eigenvalue weighted by molar-refractivity contribution is 0.0936. The summed E-state index contributed by atoms with van der Waals surface area (Å²) >= 11 is 6.36. The minimum absolute atomic E-state index is 0.0254. The molecule has 124 valence electrons. The maximum atomic E-state index is 12.4. The summed E-state index contributed by atoms with van der Waals surface area (Å²) in [5, 5.41) is 16.5. The Kier molecular flexibility index (Phi) is 6.19. The molecule has 0 fully saturated rings. The van der Waals surface area contributed by atoms with Crippen LogP contribution in [0, 0.1) is 6.92 Å². The Labute approximate surface area is 141 Å². The first-order valence-corrected chi connectivity index (χ1v) is 8.09. The zero-order valence-corrected chi connectivity index (χ0v) is 14.2. The van der Waals surface area contributed by atoms with Crippen LogP contribution >= 0.6 is 11.6 Å². The van der Waals surface area contributed by atoms with Gasteiger partial charge in [-0.2, -0.15) is 5.10 Å². The van der Waals surface area contributed by atoms with Crippen molar-refractivity contribution < 1.29 is 9.90 Å². The van der Waals surface area contributed by atoms with Crippen LogP contribution in [0.1, 0.15) is 41.4 Å². The van der Waals surface area contributed by atoms with Crippen LogP contribution in [0.3, 0.4) is 0 Å². The number of hydrogen-bond donors (Lipinski definition) is 2. The predicted octanol–water partition coefficient (Wildman–Crippen LogP) is 2.78. The molecule has 0 saturated heterocycles. The van der Waals surface area contributed by atoms with Crippen LogP contribution in [0.25, 0.3) is 0 Å². The number of aromatic nitrogens is 2. The fraction of sp³-hybridized carbons (Fsp3) is 0.412. The van der Waals surface area contributed by atoms with E-state index >= 15 is 0 Å². The average Bonchev–Trinajstić information content (AvgIpc) is 2.80. The van der Waals surface area contributed by atoms with Gasteiger partial charge in [-0.25, -0.2) is 4.68 Å². The van der Waals surface area contributed by atoms with Gasteiger partial charge in [0.1, 0.15) is 5.15 Å². The first-order valence-electron chi connectivity index (χ1n) is 7.71. The molecule has 6 heteroatoms. The first kappa shape index (κ1) is 17.5. The van der Waals surface area contributed by atoms with Gasteiger partial charge in [0, 0.05) is 12.6 Å². The highest BCUT2D eigenvalue weighted by atomic mass is 35.5. The van der Waals surface area contributed by atoms with E-state index in [-0.39, 0.29) is 18.6 Å². The Bertz CT molecular complexity index is 655. The number of rotatable bonds is 7. The van der Waals surface area contributed by atoms with E-state index in [4.69, 9.17) is 16.7 Å². The number of aryl methyl sites for hydroxylation is 1. The molecule has 0 aliphatic carbocycles. The SMILES string of the molecule is Cc1nn(Cc2ccccc2)c(Cl)c1C(=O)NC(C)CCCO. The van der Waals surface area contributed by atoms with Crippen molar-refractivity contribution in [2.75, 3.05) is 6.61 Å². The number of carbonyl (C=O) groups excluding carboxylic acids is 1. The van der Waals surface area contributed by atoms with E-state index in [1.165, 1.54) is 0 Å². The summed E-state index contributed by atoms with van der Waals surface area (Å²) in [7, 11) is 0. The second kappa shape index (κ2) is 8.13. The van der Waals surface area contributed by atoms with Gasteiger partial charge in [0.15, 0.2) is 0 Å². The highest BCUT2D eigenvalue weighted by Crippen LogP contribution is 2.21. The van der Waals surface area contributed by atoms with Crippen molar-refractivity contribution in [1.29, 1.82) is 0 Å². The number of nitrogens with one attached hydrogen (secondary N) is 1. The summed E-state index contributed by atoms with van der Waals surface area (Å²) in [6.45, 7) is 4.33. The van der Waals surface area contributed by atoms with Crippen molar-refractivity contribution >= 4 is 17.5 Å². The summed E-state index contributed by atoms with van der Waals surface area (Å²) in [4.78, 5) is 12.4. The number of aliphatic hydroxyl groups excluding tert-OH is 1. The number of amides is 1. The summed E-state index contributed by atoms with van der Waals surface area (Å²) in [5.41, 5.74) is 2.09. The van der Waals surface area contributed by atoms with Crippen LogP contribution in [0.2, 0.25) is 5.15 Å². The minimum atomic E-state index is -0.225. The molecule has 0 bridgehead atoms. The molecule has 1 heterocycles. The molecule has 0 radical (unpaired) electrons. The minimum Gasteiger partial charge on any atom is -0.396 e. The maximum absolute atomic E-state index is 12.4. The van der Waals surface area contributed by atoms with Gasteiger partial charge in [0.2, 0.25) is 0 Å². The average molecular weight is 336 g/mol. The summed E-state index contributed by atoms with van der Waals surface area (Å²) < 4.78 is 1.64. The van der Waals surface area contributed by atoms with Gasteiger partial charge in [-0.05, 0) is 32.3 Å². The lowest BCUT2D eigenvalue weighted by Gasteiger charge is -2.13. The molecule has 0 aliphatic rings. The molecule has 2 rings (SSSR count). The third-order valence-electron chi connectivity index (χ3n) is 3.64. The number of aliphatic hydroxyl groups is 1. The van der Waals surface area contributed by atoms with Crippen LogP contribution in [-0.2, 0) is 6.54 Å². The van der Waals surface area contributed by atoms with Crippen molar-refractivity contribution in [2.24, 2.45) is 0 Å². The predicted molar refractivity (Wildman–Crippen MR) is 90.8 cm³/mol. The molecule has 1 aromatic carbocycles. The van der Waals surface area contributed by atoms with Crippen molar-refractivity contribution in [3.05, 3.63) is 52.3 Å². The van der Waals surface area contributed by atoms with E-state index in [1.807, 2.05) is 37.3 Å². The maximum Gasteiger partial charge on any atom is 0.256 e. The zero-order chi connectivity index (χ0) is 16.8. The summed E-state index contributed by atoms with van der Waals surface area (Å²) in [5.74, 6) is -0.225. The third-order valence-corrected chi connectivity index (χ3v) is 4.02. The van der Waals surface area contributed by atoms with Gasteiger partial charge in [0.05, 0.1) is 17.8 Å². The molecular formula is C17H22ClN3O2. The third kappa shape index (κ3) is 4.56. The standard InChI is InChI=1S/C17H22ClN3O2/c1-12(7-6-10-22)19-17(23)15-13(2)20-21(16(15)18)11-14-8-4-3-5-9-14/h3-5,8-9,12,22H,6-7,10-11H2,1-2H3,(H,19,23). The lowest BCUT2D eigenvalue weighted by Crippen LogP contribution is -2.33. The van der Waals surface area contributed by atoms with Crippen molar-refractivity contribution in [3.63, 3.8) is 0 Å². The molecule has 23 heavy (non-hydrogen) atoms. The Morgan fingerprint density at radius 1 is 1.39 bits per heavy atom. The molecule has 1 amide bonds. The Morgan fingerprint density at radius 3 is 2.74 bits per heavy atom. The molecule has 5 nitrogen and oxygen atoms in total. The normalized spacial score (nSPS) is 12.2. The van der Waals surface area contributed by atoms with E-state index in [0.29, 0.717) is 29.4 Å². The van der Waals surface area contributed by atoms with Crippen LogP contribution < -0.4 is 5.32 Å². The molecule has 0 saturated carbocycles. The van der Waals surface area contributed by atoms with Crippen LogP contribution in [-0.4, -0.2) is 33.4 Å². The number of hydrogen-bond acceptors (Lipinski definition) is 3. The van der Waals surface area contributed by atoms with E-state index in [0.717, 1.165) is 12.0 Å². The second-order valence-corrected chi connectivity index (χ2v) is 5.99.